The Bertz CT molecular complexity index is 739. The molecule has 4 nitrogen and oxygen atoms in total. The van der Waals surface area contributed by atoms with Gasteiger partial charge < -0.3 is 9.52 Å². The van der Waals surface area contributed by atoms with Crippen LogP contribution in [0.3, 0.4) is 0 Å². The van der Waals surface area contributed by atoms with Gasteiger partial charge in [0.1, 0.15) is 5.58 Å². The van der Waals surface area contributed by atoms with Crippen LogP contribution in [0.1, 0.15) is 18.1 Å². The fraction of sp³-hybridized carbons (Fsp3) is 0.438. The maximum Gasteiger partial charge on any atom is 0.415 e. The minimum atomic E-state index is -4.66. The van der Waals surface area contributed by atoms with Gasteiger partial charge in [0.15, 0.2) is 6.10 Å². The van der Waals surface area contributed by atoms with Crippen molar-refractivity contribution in [2.75, 3.05) is 13.6 Å². The second-order valence-electron chi connectivity index (χ2n) is 5.53. The van der Waals surface area contributed by atoms with Crippen molar-refractivity contribution >= 4 is 11.0 Å². The summed E-state index contributed by atoms with van der Waals surface area (Å²) in [6.07, 6.45) is -6.31. The highest BCUT2D eigenvalue weighted by Gasteiger charge is 2.38. The van der Waals surface area contributed by atoms with Crippen molar-refractivity contribution in [1.29, 1.82) is 0 Å². The molecule has 0 aliphatic carbocycles. The summed E-state index contributed by atoms with van der Waals surface area (Å²) in [5.74, 6) is 0. The van der Waals surface area contributed by atoms with Crippen LogP contribution in [0.2, 0.25) is 0 Å². The Morgan fingerprint density at radius 3 is 2.61 bits per heavy atom. The Morgan fingerprint density at radius 2 is 2.00 bits per heavy atom. The van der Waals surface area contributed by atoms with E-state index in [2.05, 4.69) is 0 Å². The summed E-state index contributed by atoms with van der Waals surface area (Å²) in [5, 5.41) is 9.80. The van der Waals surface area contributed by atoms with Gasteiger partial charge in [0.25, 0.3) is 0 Å². The van der Waals surface area contributed by atoms with Crippen molar-refractivity contribution in [2.24, 2.45) is 0 Å². The second-order valence-corrected chi connectivity index (χ2v) is 5.53. The molecule has 2 aromatic rings. The zero-order valence-electron chi connectivity index (χ0n) is 12.9. The molecule has 1 atom stereocenters. The molecular weight excluding hydrogens is 311 g/mol. The Hall–Kier alpha value is -1.86. The van der Waals surface area contributed by atoms with Gasteiger partial charge in [-0.25, -0.2) is 4.79 Å². The number of likely N-dealkylation sites (N-methyl/N-ethyl adjacent to an activating group) is 1. The lowest BCUT2D eigenvalue weighted by molar-refractivity contribution is -0.207. The molecule has 1 unspecified atom stereocenters. The third kappa shape index (κ3) is 4.33. The molecule has 0 fully saturated rings. The van der Waals surface area contributed by atoms with Crippen LogP contribution in [0.5, 0.6) is 0 Å². The molecule has 23 heavy (non-hydrogen) atoms. The van der Waals surface area contributed by atoms with Crippen molar-refractivity contribution in [3.05, 3.63) is 45.8 Å². The molecule has 0 aliphatic rings. The van der Waals surface area contributed by atoms with Gasteiger partial charge in [0.05, 0.1) is 0 Å². The van der Waals surface area contributed by atoms with Crippen molar-refractivity contribution in [1.82, 2.24) is 4.90 Å². The Balaban J connectivity index is 2.27. The molecule has 0 spiro atoms. The van der Waals surface area contributed by atoms with E-state index in [9.17, 15) is 18.0 Å². The third-order valence-electron chi connectivity index (χ3n) is 3.61. The molecule has 1 N–H and O–H groups in total. The summed E-state index contributed by atoms with van der Waals surface area (Å²) in [4.78, 5) is 13.0. The van der Waals surface area contributed by atoms with Crippen molar-refractivity contribution in [3.8, 4) is 0 Å². The van der Waals surface area contributed by atoms with Gasteiger partial charge in [-0.05, 0) is 30.7 Å². The van der Waals surface area contributed by atoms with E-state index < -0.39 is 24.5 Å². The fourth-order valence-corrected chi connectivity index (χ4v) is 2.38. The van der Waals surface area contributed by atoms with Crippen molar-refractivity contribution < 1.29 is 22.7 Å². The highest BCUT2D eigenvalue weighted by atomic mass is 19.4. The lowest BCUT2D eigenvalue weighted by Crippen LogP contribution is -2.39. The number of benzene rings is 1. The number of halogens is 3. The summed E-state index contributed by atoms with van der Waals surface area (Å²) in [6.45, 7) is 1.49. The van der Waals surface area contributed by atoms with E-state index >= 15 is 0 Å². The zero-order chi connectivity index (χ0) is 17.2. The molecule has 2 rings (SSSR count). The first-order valence-corrected chi connectivity index (χ1v) is 7.19. The lowest BCUT2D eigenvalue weighted by Gasteiger charge is -2.22. The highest BCUT2D eigenvalue weighted by molar-refractivity contribution is 5.80. The summed E-state index contributed by atoms with van der Waals surface area (Å²) in [5.41, 5.74) is 1.43. The average Bonchev–Trinajstić information content (AvgIpc) is 2.45. The maximum atomic E-state index is 12.4. The van der Waals surface area contributed by atoms with E-state index in [1.54, 1.807) is 12.1 Å². The first-order chi connectivity index (χ1) is 10.7. The molecule has 1 aromatic heterocycles. The molecule has 0 bridgehead atoms. The van der Waals surface area contributed by atoms with E-state index in [1.807, 2.05) is 13.0 Å². The van der Waals surface area contributed by atoms with Crippen LogP contribution in [0.4, 0.5) is 13.2 Å². The third-order valence-corrected chi connectivity index (χ3v) is 3.61. The van der Waals surface area contributed by atoms with E-state index in [1.165, 1.54) is 18.0 Å². The number of fused-ring (bicyclic) bond motifs is 1. The Morgan fingerprint density at radius 1 is 1.30 bits per heavy atom. The molecular formula is C16H18F3NO3. The first-order valence-electron chi connectivity index (χ1n) is 7.19. The van der Waals surface area contributed by atoms with Crippen LogP contribution < -0.4 is 5.63 Å². The number of aliphatic hydroxyl groups is 1. The van der Waals surface area contributed by atoms with E-state index in [-0.39, 0.29) is 6.54 Å². The highest BCUT2D eigenvalue weighted by Crippen LogP contribution is 2.23. The van der Waals surface area contributed by atoms with Crippen molar-refractivity contribution in [2.45, 2.75) is 32.2 Å². The maximum absolute atomic E-state index is 12.4. The van der Waals surface area contributed by atoms with Gasteiger partial charge in [0, 0.05) is 24.5 Å². The molecule has 0 saturated heterocycles. The monoisotopic (exact) mass is 329 g/mol. The Kier molecular flexibility index (Phi) is 5.11. The predicted octanol–water partition coefficient (Wildman–Crippen LogP) is 2.71. The number of aliphatic hydroxyl groups excluding tert-OH is 1. The summed E-state index contributed by atoms with van der Waals surface area (Å²) < 4.78 is 42.4. The van der Waals surface area contributed by atoms with Crippen LogP contribution in [0.15, 0.2) is 33.5 Å². The second kappa shape index (κ2) is 6.72. The largest absolute Gasteiger partial charge is 0.423 e. The predicted molar refractivity (Wildman–Crippen MR) is 80.3 cm³/mol. The smallest absolute Gasteiger partial charge is 0.415 e. The summed E-state index contributed by atoms with van der Waals surface area (Å²) in [6, 6.07) is 6.70. The van der Waals surface area contributed by atoms with E-state index in [0.29, 0.717) is 16.5 Å². The van der Waals surface area contributed by atoms with Crippen LogP contribution >= 0.6 is 0 Å². The lowest BCUT2D eigenvalue weighted by atomic mass is 10.1. The first kappa shape index (κ1) is 17.5. The summed E-state index contributed by atoms with van der Waals surface area (Å²) >= 11 is 0. The SMILES string of the molecule is CCc1ccc2c(CN(C)CC(O)C(F)(F)F)cc(=O)oc2c1. The number of alkyl halides is 3. The normalized spacial score (nSPS) is 13.7. The number of hydrogen-bond donors (Lipinski definition) is 1. The molecule has 126 valence electrons. The molecule has 1 aromatic carbocycles. The number of rotatable bonds is 5. The minimum Gasteiger partial charge on any atom is -0.423 e. The fourth-order valence-electron chi connectivity index (χ4n) is 2.38. The standard InChI is InChI=1S/C16H18F3NO3/c1-3-10-4-5-12-11(7-15(22)23-13(12)6-10)8-20(2)9-14(21)16(17,18)19/h4-7,14,21H,3,8-9H2,1-2H3. The number of aryl methyl sites for hydroxylation is 1. The average molecular weight is 329 g/mol. The van der Waals surface area contributed by atoms with Crippen LogP contribution in [-0.2, 0) is 13.0 Å². The minimum absolute atomic E-state index is 0.0979. The van der Waals surface area contributed by atoms with Gasteiger partial charge in [-0.3, -0.25) is 4.90 Å². The molecule has 0 saturated carbocycles. The van der Waals surface area contributed by atoms with E-state index in [0.717, 1.165) is 12.0 Å². The van der Waals surface area contributed by atoms with Gasteiger partial charge in [-0.2, -0.15) is 13.2 Å². The van der Waals surface area contributed by atoms with E-state index in [4.69, 9.17) is 9.52 Å². The van der Waals surface area contributed by atoms with Gasteiger partial charge in [0.2, 0.25) is 0 Å². The number of hydrogen-bond acceptors (Lipinski definition) is 4. The number of nitrogens with zero attached hydrogens (tertiary/aromatic N) is 1. The Labute approximate surface area is 131 Å². The van der Waals surface area contributed by atoms with Gasteiger partial charge in [-0.15, -0.1) is 0 Å². The van der Waals surface area contributed by atoms with Crippen LogP contribution in [0.25, 0.3) is 11.0 Å². The molecule has 7 heteroatoms. The van der Waals surface area contributed by atoms with Gasteiger partial charge in [-0.1, -0.05) is 19.1 Å². The molecule has 0 aliphatic heterocycles. The molecule has 0 amide bonds. The van der Waals surface area contributed by atoms with Crippen molar-refractivity contribution in [3.63, 3.8) is 0 Å². The quantitative estimate of drug-likeness (QED) is 0.857. The van der Waals surface area contributed by atoms with Gasteiger partial charge >= 0.3 is 11.8 Å². The van der Waals surface area contributed by atoms with Crippen LogP contribution in [-0.4, -0.2) is 35.9 Å². The topological polar surface area (TPSA) is 53.7 Å². The van der Waals surface area contributed by atoms with Crippen LogP contribution in [0, 0.1) is 0 Å². The summed E-state index contributed by atoms with van der Waals surface area (Å²) in [7, 11) is 1.45. The zero-order valence-corrected chi connectivity index (χ0v) is 12.9. The molecule has 0 radical (unpaired) electrons. The molecule has 1 heterocycles.